The maximum absolute atomic E-state index is 12.7. The lowest BCUT2D eigenvalue weighted by molar-refractivity contribution is 0.0976. The third kappa shape index (κ3) is 5.29. The molecule has 0 radical (unpaired) electrons. The predicted molar refractivity (Wildman–Crippen MR) is 146 cm³/mol. The molecule has 0 atom stereocenters. The predicted octanol–water partition coefficient (Wildman–Crippen LogP) is 6.42. The number of fused-ring (bicyclic) bond motifs is 1. The summed E-state index contributed by atoms with van der Waals surface area (Å²) >= 11 is 0. The Morgan fingerprint density at radius 3 is 2.44 bits per heavy atom. The quantitative estimate of drug-likeness (QED) is 0.294. The summed E-state index contributed by atoms with van der Waals surface area (Å²) < 4.78 is 0. The number of aryl methyl sites for hydroxylation is 3. The number of rotatable bonds is 8. The number of aromatic nitrogens is 3. The first-order valence-electron chi connectivity index (χ1n) is 12.8. The highest BCUT2D eigenvalue weighted by Gasteiger charge is 2.14. The van der Waals surface area contributed by atoms with Gasteiger partial charge in [-0.15, -0.1) is 10.2 Å². The van der Waals surface area contributed by atoms with Crippen molar-refractivity contribution in [1.29, 1.82) is 0 Å². The summed E-state index contributed by atoms with van der Waals surface area (Å²) in [5.41, 5.74) is 8.95. The maximum atomic E-state index is 12.7. The Hall–Kier alpha value is -3.64. The minimum absolute atomic E-state index is 0.172. The Labute approximate surface area is 212 Å². The van der Waals surface area contributed by atoms with Gasteiger partial charge in [-0.25, -0.2) is 4.98 Å². The molecule has 5 rings (SSSR count). The van der Waals surface area contributed by atoms with Crippen LogP contribution in [0.3, 0.4) is 0 Å². The highest BCUT2D eigenvalue weighted by Crippen LogP contribution is 2.31. The monoisotopic (exact) mass is 479 g/mol. The van der Waals surface area contributed by atoms with Crippen molar-refractivity contribution in [1.82, 2.24) is 20.1 Å². The van der Waals surface area contributed by atoms with Crippen molar-refractivity contribution in [2.24, 2.45) is 0 Å². The van der Waals surface area contributed by atoms with E-state index in [0.717, 1.165) is 40.8 Å². The Morgan fingerprint density at radius 2 is 1.67 bits per heavy atom. The highest BCUT2D eigenvalue weighted by atomic mass is 16.1. The summed E-state index contributed by atoms with van der Waals surface area (Å²) in [7, 11) is 0. The van der Waals surface area contributed by atoms with Gasteiger partial charge in [0, 0.05) is 17.7 Å². The molecule has 0 saturated carbocycles. The zero-order chi connectivity index (χ0) is 25.1. The molecular formula is C30H33N5O. The lowest BCUT2D eigenvalue weighted by Crippen LogP contribution is -2.21. The zero-order valence-corrected chi connectivity index (χ0v) is 21.3. The SMILES string of the molecule is Cc1cccc(C)c1-c1cc(C)c2nc(Nc3cccc(C(=O)CCCN4CCCC4)c3)nnc2c1. The fourth-order valence-electron chi connectivity index (χ4n) is 5.19. The normalized spacial score (nSPS) is 13.9. The molecule has 2 heterocycles. The lowest BCUT2D eigenvalue weighted by atomic mass is 9.94. The average molecular weight is 480 g/mol. The number of anilines is 2. The van der Waals surface area contributed by atoms with E-state index in [-0.39, 0.29) is 5.78 Å². The second kappa shape index (κ2) is 10.5. The van der Waals surface area contributed by atoms with Crippen molar-refractivity contribution in [2.45, 2.75) is 46.5 Å². The van der Waals surface area contributed by atoms with E-state index in [4.69, 9.17) is 4.98 Å². The number of hydrogen-bond donors (Lipinski definition) is 1. The van der Waals surface area contributed by atoms with Gasteiger partial charge in [0.1, 0.15) is 5.52 Å². The number of likely N-dealkylation sites (tertiary alicyclic amines) is 1. The van der Waals surface area contributed by atoms with Crippen LogP contribution in [0.15, 0.2) is 54.6 Å². The molecular weight excluding hydrogens is 446 g/mol. The number of carbonyl (C=O) groups is 1. The molecule has 1 aliphatic heterocycles. The van der Waals surface area contributed by atoms with Crippen LogP contribution in [0, 0.1) is 20.8 Å². The summed E-state index contributed by atoms with van der Waals surface area (Å²) in [6.07, 6.45) is 4.02. The standard InChI is InChI=1S/C30H33N5O/c1-20-9-6-10-21(2)28(20)24-17-22(3)29-26(19-24)33-34-30(32-29)31-25-12-7-11-23(18-25)27(36)13-8-16-35-14-4-5-15-35/h6-7,9-12,17-19H,4-5,8,13-16H2,1-3H3,(H,31,32,34). The highest BCUT2D eigenvalue weighted by molar-refractivity contribution is 5.97. The van der Waals surface area contributed by atoms with Gasteiger partial charge in [-0.05, 0) is 112 Å². The van der Waals surface area contributed by atoms with Crippen molar-refractivity contribution in [3.05, 3.63) is 76.9 Å². The smallest absolute Gasteiger partial charge is 0.247 e. The molecule has 1 aliphatic rings. The van der Waals surface area contributed by atoms with E-state index in [1.54, 1.807) is 0 Å². The summed E-state index contributed by atoms with van der Waals surface area (Å²) in [4.78, 5) is 19.9. The summed E-state index contributed by atoms with van der Waals surface area (Å²) in [6.45, 7) is 9.65. The zero-order valence-electron chi connectivity index (χ0n) is 21.3. The molecule has 4 aromatic rings. The number of nitrogens with one attached hydrogen (secondary N) is 1. The molecule has 6 heteroatoms. The van der Waals surface area contributed by atoms with Crippen LogP contribution in [0.2, 0.25) is 0 Å². The van der Waals surface area contributed by atoms with Crippen molar-refractivity contribution in [3.63, 3.8) is 0 Å². The first-order chi connectivity index (χ1) is 17.5. The van der Waals surface area contributed by atoms with Crippen LogP contribution in [0.5, 0.6) is 0 Å². The fraction of sp³-hybridized carbons (Fsp3) is 0.333. The third-order valence-corrected chi connectivity index (χ3v) is 7.04. The van der Waals surface area contributed by atoms with Crippen molar-refractivity contribution in [3.8, 4) is 11.1 Å². The maximum Gasteiger partial charge on any atom is 0.247 e. The van der Waals surface area contributed by atoms with Crippen LogP contribution in [-0.4, -0.2) is 45.5 Å². The van der Waals surface area contributed by atoms with Gasteiger partial charge in [0.15, 0.2) is 5.78 Å². The molecule has 0 amide bonds. The van der Waals surface area contributed by atoms with Crippen LogP contribution in [0.25, 0.3) is 22.2 Å². The molecule has 1 aromatic heterocycles. The van der Waals surface area contributed by atoms with E-state index in [0.29, 0.717) is 17.9 Å². The molecule has 36 heavy (non-hydrogen) atoms. The minimum atomic E-state index is 0.172. The molecule has 1 N–H and O–H groups in total. The second-order valence-corrected chi connectivity index (χ2v) is 9.84. The molecule has 0 bridgehead atoms. The first-order valence-corrected chi connectivity index (χ1v) is 12.8. The topological polar surface area (TPSA) is 71.0 Å². The number of nitrogens with zero attached hydrogens (tertiary/aromatic N) is 4. The Kier molecular flexibility index (Phi) is 7.05. The van der Waals surface area contributed by atoms with Crippen molar-refractivity contribution < 1.29 is 4.79 Å². The van der Waals surface area contributed by atoms with E-state index < -0.39 is 0 Å². The van der Waals surface area contributed by atoms with E-state index in [9.17, 15) is 4.79 Å². The van der Waals surface area contributed by atoms with E-state index >= 15 is 0 Å². The molecule has 1 fully saturated rings. The van der Waals surface area contributed by atoms with Crippen molar-refractivity contribution >= 4 is 28.5 Å². The van der Waals surface area contributed by atoms with Gasteiger partial charge in [-0.3, -0.25) is 4.79 Å². The largest absolute Gasteiger partial charge is 0.323 e. The number of Topliss-reactive ketones (excluding diaryl/α,β-unsaturated/α-hetero) is 1. The minimum Gasteiger partial charge on any atom is -0.323 e. The fourth-order valence-corrected chi connectivity index (χ4v) is 5.19. The van der Waals surface area contributed by atoms with Gasteiger partial charge in [-0.2, -0.15) is 0 Å². The molecule has 3 aromatic carbocycles. The lowest BCUT2D eigenvalue weighted by Gasteiger charge is -2.14. The summed E-state index contributed by atoms with van der Waals surface area (Å²) in [5.74, 6) is 0.592. The average Bonchev–Trinajstić information content (AvgIpc) is 3.38. The number of benzene rings is 3. The molecule has 0 aliphatic carbocycles. The molecule has 1 saturated heterocycles. The van der Waals surface area contributed by atoms with Crippen LogP contribution in [0.1, 0.15) is 52.7 Å². The molecule has 184 valence electrons. The van der Waals surface area contributed by atoms with Gasteiger partial charge in [-0.1, -0.05) is 30.3 Å². The first kappa shape index (κ1) is 24.1. The van der Waals surface area contributed by atoms with Crippen LogP contribution < -0.4 is 5.32 Å². The number of carbonyl (C=O) groups excluding carboxylic acids is 1. The van der Waals surface area contributed by atoms with Crippen LogP contribution in [-0.2, 0) is 0 Å². The van der Waals surface area contributed by atoms with E-state index in [2.05, 4.69) is 71.5 Å². The van der Waals surface area contributed by atoms with Gasteiger partial charge in [0.2, 0.25) is 5.95 Å². The Bertz CT molecular complexity index is 1390. The summed E-state index contributed by atoms with van der Waals surface area (Å²) in [5, 5.41) is 12.0. The van der Waals surface area contributed by atoms with Crippen LogP contribution in [0.4, 0.5) is 11.6 Å². The Balaban J connectivity index is 1.32. The summed E-state index contributed by atoms with van der Waals surface area (Å²) in [6, 6.07) is 18.1. The molecule has 0 spiro atoms. The Morgan fingerprint density at radius 1 is 0.917 bits per heavy atom. The molecule has 0 unspecified atom stereocenters. The number of hydrogen-bond acceptors (Lipinski definition) is 6. The number of ketones is 1. The second-order valence-electron chi connectivity index (χ2n) is 9.84. The molecule has 6 nitrogen and oxygen atoms in total. The van der Waals surface area contributed by atoms with Gasteiger partial charge in [0.05, 0.1) is 5.52 Å². The van der Waals surface area contributed by atoms with Gasteiger partial charge in [0.25, 0.3) is 0 Å². The van der Waals surface area contributed by atoms with Gasteiger partial charge >= 0.3 is 0 Å². The van der Waals surface area contributed by atoms with Crippen LogP contribution >= 0.6 is 0 Å². The van der Waals surface area contributed by atoms with Crippen molar-refractivity contribution in [2.75, 3.05) is 25.0 Å². The van der Waals surface area contributed by atoms with Gasteiger partial charge < -0.3 is 10.2 Å². The van der Waals surface area contributed by atoms with E-state index in [1.807, 2.05) is 24.3 Å². The van der Waals surface area contributed by atoms with E-state index in [1.165, 1.54) is 42.6 Å². The third-order valence-electron chi connectivity index (χ3n) is 7.04.